The normalized spacial score (nSPS) is 34.5. The number of carbonyl (C=O) groups excluding carboxylic acids is 2. The van der Waals surface area contributed by atoms with Crippen LogP contribution in [0.2, 0.25) is 0 Å². The van der Waals surface area contributed by atoms with Gasteiger partial charge in [-0.1, -0.05) is 28.1 Å². The standard InChI is InChI=1S/C14H15BrN2O2/c1-8-11-12(18)16-13(19)14(11,7-17(8)2)9-3-5-10(15)6-4-9/h3-6,8,11H,7H2,1-2H3,(H,16,18,19). The molecule has 0 radical (unpaired) electrons. The molecule has 0 saturated carbocycles. The number of nitrogens with zero attached hydrogens (tertiary/aromatic N) is 1. The molecule has 0 aliphatic carbocycles. The largest absolute Gasteiger partial charge is 0.301 e. The molecule has 4 nitrogen and oxygen atoms in total. The van der Waals surface area contributed by atoms with Crippen molar-refractivity contribution in [1.29, 1.82) is 0 Å². The summed E-state index contributed by atoms with van der Waals surface area (Å²) in [6, 6.07) is 7.76. The second-order valence-corrected chi connectivity index (χ2v) is 6.35. The summed E-state index contributed by atoms with van der Waals surface area (Å²) in [5.74, 6) is -0.614. The fraction of sp³-hybridized carbons (Fsp3) is 0.429. The molecule has 2 amide bonds. The Bertz CT molecular complexity index is 557. The Labute approximate surface area is 120 Å². The monoisotopic (exact) mass is 322 g/mol. The molecule has 2 aliphatic rings. The number of hydrogen-bond donors (Lipinski definition) is 1. The first-order chi connectivity index (χ1) is 8.96. The number of rotatable bonds is 1. The first-order valence-corrected chi connectivity index (χ1v) is 7.07. The molecule has 5 heteroatoms. The highest BCUT2D eigenvalue weighted by Crippen LogP contribution is 2.46. The van der Waals surface area contributed by atoms with Crippen LogP contribution in [-0.4, -0.2) is 36.3 Å². The number of carbonyl (C=O) groups is 2. The zero-order valence-electron chi connectivity index (χ0n) is 10.8. The number of likely N-dealkylation sites (N-methyl/N-ethyl adjacent to an activating group) is 1. The molecule has 3 unspecified atom stereocenters. The van der Waals surface area contributed by atoms with Crippen molar-refractivity contribution in [1.82, 2.24) is 10.2 Å². The minimum absolute atomic E-state index is 0.0649. The summed E-state index contributed by atoms with van der Waals surface area (Å²) in [6.45, 7) is 2.58. The van der Waals surface area contributed by atoms with Gasteiger partial charge in [0.1, 0.15) is 5.41 Å². The van der Waals surface area contributed by atoms with Gasteiger partial charge in [-0.2, -0.15) is 0 Å². The van der Waals surface area contributed by atoms with Crippen molar-refractivity contribution in [2.75, 3.05) is 13.6 Å². The molecule has 2 fully saturated rings. The molecule has 2 heterocycles. The van der Waals surface area contributed by atoms with Crippen molar-refractivity contribution in [3.8, 4) is 0 Å². The third kappa shape index (κ3) is 1.61. The van der Waals surface area contributed by atoms with Crippen LogP contribution < -0.4 is 5.32 Å². The Morgan fingerprint density at radius 3 is 2.58 bits per heavy atom. The smallest absolute Gasteiger partial charge is 0.239 e. The third-order valence-electron chi connectivity index (χ3n) is 4.49. The maximum absolute atomic E-state index is 12.4. The Balaban J connectivity index is 2.16. The molecule has 19 heavy (non-hydrogen) atoms. The van der Waals surface area contributed by atoms with Gasteiger partial charge in [-0.15, -0.1) is 0 Å². The van der Waals surface area contributed by atoms with Gasteiger partial charge in [-0.3, -0.25) is 14.9 Å². The number of halogens is 1. The van der Waals surface area contributed by atoms with Crippen LogP contribution in [0.25, 0.3) is 0 Å². The summed E-state index contributed by atoms with van der Waals surface area (Å²) < 4.78 is 0.966. The zero-order chi connectivity index (χ0) is 13.8. The van der Waals surface area contributed by atoms with Gasteiger partial charge in [-0.05, 0) is 31.7 Å². The first-order valence-electron chi connectivity index (χ1n) is 6.28. The summed E-state index contributed by atoms with van der Waals surface area (Å²) in [7, 11) is 1.96. The molecule has 3 rings (SSSR count). The molecule has 1 N–H and O–H groups in total. The van der Waals surface area contributed by atoms with Gasteiger partial charge in [0.15, 0.2) is 0 Å². The second-order valence-electron chi connectivity index (χ2n) is 5.43. The average Bonchev–Trinajstić information content (AvgIpc) is 2.77. The lowest BCUT2D eigenvalue weighted by Crippen LogP contribution is -2.41. The van der Waals surface area contributed by atoms with E-state index in [1.165, 1.54) is 0 Å². The maximum atomic E-state index is 12.4. The Morgan fingerprint density at radius 2 is 1.95 bits per heavy atom. The van der Waals surface area contributed by atoms with Crippen LogP contribution >= 0.6 is 15.9 Å². The Morgan fingerprint density at radius 1 is 1.32 bits per heavy atom. The van der Waals surface area contributed by atoms with Crippen molar-refractivity contribution < 1.29 is 9.59 Å². The van der Waals surface area contributed by atoms with Crippen LogP contribution in [0.3, 0.4) is 0 Å². The highest BCUT2D eigenvalue weighted by molar-refractivity contribution is 9.10. The van der Waals surface area contributed by atoms with Crippen molar-refractivity contribution in [2.45, 2.75) is 18.4 Å². The molecular formula is C14H15BrN2O2. The summed E-state index contributed by atoms with van der Waals surface area (Å²) in [4.78, 5) is 26.6. The molecule has 3 atom stereocenters. The van der Waals surface area contributed by atoms with E-state index in [0.29, 0.717) is 6.54 Å². The number of benzene rings is 1. The van der Waals surface area contributed by atoms with Crippen LogP contribution in [0, 0.1) is 5.92 Å². The fourth-order valence-corrected chi connectivity index (χ4v) is 3.67. The minimum Gasteiger partial charge on any atom is -0.301 e. The van der Waals surface area contributed by atoms with Crippen LogP contribution in [0.4, 0.5) is 0 Å². The first kappa shape index (κ1) is 12.8. The minimum atomic E-state index is -0.730. The predicted molar refractivity (Wildman–Crippen MR) is 74.6 cm³/mol. The quantitative estimate of drug-likeness (QED) is 0.793. The van der Waals surface area contributed by atoms with Gasteiger partial charge in [0.25, 0.3) is 0 Å². The molecule has 2 aliphatic heterocycles. The highest BCUT2D eigenvalue weighted by atomic mass is 79.9. The molecular weight excluding hydrogens is 308 g/mol. The van der Waals surface area contributed by atoms with Crippen molar-refractivity contribution in [3.63, 3.8) is 0 Å². The predicted octanol–water partition coefficient (Wildman–Crippen LogP) is 1.29. The lowest BCUT2D eigenvalue weighted by molar-refractivity contribution is -0.127. The summed E-state index contributed by atoms with van der Waals surface area (Å²) >= 11 is 3.40. The topological polar surface area (TPSA) is 49.4 Å². The summed E-state index contributed by atoms with van der Waals surface area (Å²) in [6.07, 6.45) is 0. The van der Waals surface area contributed by atoms with Crippen LogP contribution in [0.15, 0.2) is 28.7 Å². The second kappa shape index (κ2) is 4.15. The van der Waals surface area contributed by atoms with E-state index in [2.05, 4.69) is 26.1 Å². The maximum Gasteiger partial charge on any atom is 0.239 e. The van der Waals surface area contributed by atoms with Gasteiger partial charge in [0.05, 0.1) is 5.92 Å². The van der Waals surface area contributed by atoms with E-state index < -0.39 is 5.41 Å². The number of imide groups is 1. The molecule has 1 aromatic rings. The number of likely N-dealkylation sites (tertiary alicyclic amines) is 1. The molecule has 0 spiro atoms. The molecule has 100 valence electrons. The van der Waals surface area contributed by atoms with Crippen LogP contribution in [0.5, 0.6) is 0 Å². The number of amides is 2. The molecule has 0 aromatic heterocycles. The molecule has 1 aromatic carbocycles. The van der Waals surface area contributed by atoms with E-state index in [4.69, 9.17) is 0 Å². The lowest BCUT2D eigenvalue weighted by atomic mass is 9.72. The van der Waals surface area contributed by atoms with E-state index >= 15 is 0 Å². The summed E-state index contributed by atoms with van der Waals surface area (Å²) in [5.41, 5.74) is 0.187. The van der Waals surface area contributed by atoms with Gasteiger partial charge in [0, 0.05) is 17.1 Å². The third-order valence-corrected chi connectivity index (χ3v) is 5.02. The van der Waals surface area contributed by atoms with E-state index in [1.807, 2.05) is 38.2 Å². The average molecular weight is 323 g/mol. The van der Waals surface area contributed by atoms with E-state index in [9.17, 15) is 9.59 Å². The fourth-order valence-electron chi connectivity index (χ4n) is 3.41. The Hall–Kier alpha value is -1.20. The summed E-state index contributed by atoms with van der Waals surface area (Å²) in [5, 5.41) is 2.51. The lowest BCUT2D eigenvalue weighted by Gasteiger charge is -2.25. The molecule has 0 bridgehead atoms. The number of nitrogens with one attached hydrogen (secondary N) is 1. The van der Waals surface area contributed by atoms with E-state index in [-0.39, 0.29) is 23.8 Å². The molecule has 2 saturated heterocycles. The Kier molecular flexibility index (Phi) is 2.80. The highest BCUT2D eigenvalue weighted by Gasteiger charge is 2.63. The van der Waals surface area contributed by atoms with Crippen LogP contribution in [-0.2, 0) is 15.0 Å². The van der Waals surface area contributed by atoms with Crippen molar-refractivity contribution in [2.24, 2.45) is 5.92 Å². The number of fused-ring (bicyclic) bond motifs is 1. The van der Waals surface area contributed by atoms with Crippen LogP contribution in [0.1, 0.15) is 12.5 Å². The van der Waals surface area contributed by atoms with Gasteiger partial charge < -0.3 is 4.90 Å². The van der Waals surface area contributed by atoms with E-state index in [0.717, 1.165) is 10.0 Å². The van der Waals surface area contributed by atoms with Crippen molar-refractivity contribution in [3.05, 3.63) is 34.3 Å². The van der Waals surface area contributed by atoms with Gasteiger partial charge in [-0.25, -0.2) is 0 Å². The zero-order valence-corrected chi connectivity index (χ0v) is 12.4. The van der Waals surface area contributed by atoms with Gasteiger partial charge in [0.2, 0.25) is 11.8 Å². The van der Waals surface area contributed by atoms with Gasteiger partial charge >= 0.3 is 0 Å². The number of hydrogen-bond acceptors (Lipinski definition) is 3. The van der Waals surface area contributed by atoms with Crippen molar-refractivity contribution >= 4 is 27.7 Å². The SMILES string of the molecule is CC1C2C(=O)NC(=O)C2(c2ccc(Br)cc2)CN1C. The van der Waals surface area contributed by atoms with E-state index in [1.54, 1.807) is 0 Å².